The van der Waals surface area contributed by atoms with Crippen molar-refractivity contribution in [1.82, 2.24) is 10.2 Å². The van der Waals surface area contributed by atoms with Gasteiger partial charge in [-0.05, 0) is 17.7 Å². The molecule has 1 atom stereocenters. The summed E-state index contributed by atoms with van der Waals surface area (Å²) in [4.78, 5) is 25.7. The lowest BCUT2D eigenvalue weighted by molar-refractivity contribution is -0.128. The van der Waals surface area contributed by atoms with Crippen LogP contribution in [0.5, 0.6) is 0 Å². The van der Waals surface area contributed by atoms with Crippen molar-refractivity contribution >= 4 is 11.8 Å². The number of likely N-dealkylation sites (tertiary alicyclic amines) is 1. The first-order valence-corrected chi connectivity index (χ1v) is 6.88. The van der Waals surface area contributed by atoms with Crippen molar-refractivity contribution in [2.24, 2.45) is 0 Å². The van der Waals surface area contributed by atoms with Gasteiger partial charge >= 0.3 is 0 Å². The van der Waals surface area contributed by atoms with Gasteiger partial charge < -0.3 is 14.6 Å². The van der Waals surface area contributed by atoms with Crippen LogP contribution >= 0.6 is 0 Å². The lowest BCUT2D eigenvalue weighted by Gasteiger charge is -2.17. The molecule has 0 unspecified atom stereocenters. The van der Waals surface area contributed by atoms with Gasteiger partial charge in [0, 0.05) is 19.5 Å². The van der Waals surface area contributed by atoms with E-state index in [4.69, 9.17) is 4.42 Å². The van der Waals surface area contributed by atoms with Crippen LogP contribution in [0.1, 0.15) is 22.5 Å². The SMILES string of the molecule is O=C(N[C@@H]1CC(=O)N(Cc2ccccc2)C1)c1ccco1. The Hall–Kier alpha value is -2.56. The molecular formula is C16H16N2O3. The summed E-state index contributed by atoms with van der Waals surface area (Å²) < 4.78 is 5.04. The van der Waals surface area contributed by atoms with E-state index in [1.807, 2.05) is 30.3 Å². The molecule has 1 N–H and O–H groups in total. The van der Waals surface area contributed by atoms with Gasteiger partial charge in [-0.15, -0.1) is 0 Å². The molecule has 1 aromatic carbocycles. The van der Waals surface area contributed by atoms with Crippen LogP contribution < -0.4 is 5.32 Å². The fraction of sp³-hybridized carbons (Fsp3) is 0.250. The zero-order chi connectivity index (χ0) is 14.7. The van der Waals surface area contributed by atoms with Gasteiger partial charge in [0.2, 0.25) is 5.91 Å². The normalized spacial score (nSPS) is 18.0. The molecule has 5 nitrogen and oxygen atoms in total. The number of hydrogen-bond acceptors (Lipinski definition) is 3. The maximum atomic E-state index is 12.0. The number of furan rings is 1. The third kappa shape index (κ3) is 3.13. The van der Waals surface area contributed by atoms with Crippen LogP contribution in [0.2, 0.25) is 0 Å². The standard InChI is InChI=1S/C16H16N2O3/c19-15-9-13(17-16(20)14-7-4-8-21-14)11-18(15)10-12-5-2-1-3-6-12/h1-8,13H,9-11H2,(H,17,20)/t13-/m1/s1. The summed E-state index contributed by atoms with van der Waals surface area (Å²) in [5.74, 6) is 0.0481. The van der Waals surface area contributed by atoms with Crippen molar-refractivity contribution in [3.8, 4) is 0 Å². The van der Waals surface area contributed by atoms with E-state index in [2.05, 4.69) is 5.32 Å². The zero-order valence-electron chi connectivity index (χ0n) is 11.5. The Morgan fingerprint density at radius 1 is 1.24 bits per heavy atom. The summed E-state index contributed by atoms with van der Waals surface area (Å²) in [6, 6.07) is 12.9. The Bertz CT molecular complexity index is 622. The molecule has 21 heavy (non-hydrogen) atoms. The van der Waals surface area contributed by atoms with Crippen LogP contribution in [0.15, 0.2) is 53.1 Å². The number of carbonyl (C=O) groups excluding carboxylic acids is 2. The van der Waals surface area contributed by atoms with Crippen molar-refractivity contribution in [1.29, 1.82) is 0 Å². The largest absolute Gasteiger partial charge is 0.459 e. The minimum absolute atomic E-state index is 0.0589. The molecule has 2 heterocycles. The first-order valence-electron chi connectivity index (χ1n) is 6.88. The smallest absolute Gasteiger partial charge is 0.287 e. The second kappa shape index (κ2) is 5.83. The number of carbonyl (C=O) groups is 2. The van der Waals surface area contributed by atoms with Crippen molar-refractivity contribution < 1.29 is 14.0 Å². The Morgan fingerprint density at radius 2 is 2.05 bits per heavy atom. The summed E-state index contributed by atoms with van der Waals surface area (Å²) in [6.45, 7) is 1.10. The Balaban J connectivity index is 1.58. The maximum Gasteiger partial charge on any atom is 0.287 e. The van der Waals surface area contributed by atoms with Crippen LogP contribution in [0, 0.1) is 0 Å². The predicted octanol–water partition coefficient (Wildman–Crippen LogP) is 1.81. The molecule has 1 saturated heterocycles. The minimum Gasteiger partial charge on any atom is -0.459 e. The first-order chi connectivity index (χ1) is 10.2. The molecule has 1 aromatic heterocycles. The topological polar surface area (TPSA) is 62.6 Å². The van der Waals surface area contributed by atoms with Crippen molar-refractivity contribution in [2.45, 2.75) is 19.0 Å². The fourth-order valence-corrected chi connectivity index (χ4v) is 2.49. The van der Waals surface area contributed by atoms with Crippen LogP contribution in [0.3, 0.4) is 0 Å². The molecule has 2 aromatic rings. The van der Waals surface area contributed by atoms with Gasteiger partial charge in [-0.3, -0.25) is 9.59 Å². The number of nitrogens with one attached hydrogen (secondary N) is 1. The second-order valence-electron chi connectivity index (χ2n) is 5.11. The van der Waals surface area contributed by atoms with Crippen molar-refractivity contribution in [2.75, 3.05) is 6.54 Å². The zero-order valence-corrected chi connectivity index (χ0v) is 11.5. The summed E-state index contributed by atoms with van der Waals surface area (Å²) in [7, 11) is 0. The van der Waals surface area contributed by atoms with Crippen LogP contribution in [-0.2, 0) is 11.3 Å². The summed E-state index contributed by atoms with van der Waals surface area (Å²) in [6.07, 6.45) is 1.79. The molecule has 108 valence electrons. The minimum atomic E-state index is -0.278. The molecule has 0 aliphatic carbocycles. The van der Waals surface area contributed by atoms with Gasteiger partial charge in [-0.2, -0.15) is 0 Å². The van der Waals surface area contributed by atoms with Crippen LogP contribution in [0.4, 0.5) is 0 Å². The molecule has 0 spiro atoms. The molecule has 3 rings (SSSR count). The molecule has 1 aliphatic rings. The number of hydrogen-bond donors (Lipinski definition) is 1. The van der Waals surface area contributed by atoms with E-state index >= 15 is 0 Å². The van der Waals surface area contributed by atoms with Crippen LogP contribution in [0.25, 0.3) is 0 Å². The average Bonchev–Trinajstić information content (AvgIpc) is 3.11. The molecule has 1 fully saturated rings. The van der Waals surface area contributed by atoms with E-state index in [1.54, 1.807) is 17.0 Å². The molecule has 0 radical (unpaired) electrons. The number of nitrogens with zero attached hydrogens (tertiary/aromatic N) is 1. The summed E-state index contributed by atoms with van der Waals surface area (Å²) >= 11 is 0. The highest BCUT2D eigenvalue weighted by Crippen LogP contribution is 2.15. The van der Waals surface area contributed by atoms with Gasteiger partial charge in [-0.25, -0.2) is 0 Å². The van der Waals surface area contributed by atoms with E-state index in [9.17, 15) is 9.59 Å². The van der Waals surface area contributed by atoms with E-state index in [-0.39, 0.29) is 23.6 Å². The number of benzene rings is 1. The van der Waals surface area contributed by atoms with Gasteiger partial charge in [0.1, 0.15) is 0 Å². The maximum absolute atomic E-state index is 12.0. The highest BCUT2D eigenvalue weighted by molar-refractivity contribution is 5.92. The molecule has 0 saturated carbocycles. The highest BCUT2D eigenvalue weighted by atomic mass is 16.3. The van der Waals surface area contributed by atoms with Gasteiger partial charge in [-0.1, -0.05) is 30.3 Å². The number of rotatable bonds is 4. The third-order valence-corrected chi connectivity index (χ3v) is 3.51. The van der Waals surface area contributed by atoms with Gasteiger partial charge in [0.25, 0.3) is 5.91 Å². The van der Waals surface area contributed by atoms with E-state index in [0.29, 0.717) is 19.5 Å². The Kier molecular flexibility index (Phi) is 3.73. The summed E-state index contributed by atoms with van der Waals surface area (Å²) in [5, 5.41) is 2.83. The predicted molar refractivity (Wildman–Crippen MR) is 76.4 cm³/mol. The molecule has 0 bridgehead atoms. The highest BCUT2D eigenvalue weighted by Gasteiger charge is 2.31. The fourth-order valence-electron chi connectivity index (χ4n) is 2.49. The quantitative estimate of drug-likeness (QED) is 0.931. The lowest BCUT2D eigenvalue weighted by Crippen LogP contribution is -2.36. The first kappa shape index (κ1) is 13.4. The van der Waals surface area contributed by atoms with E-state index in [0.717, 1.165) is 5.56 Å². The lowest BCUT2D eigenvalue weighted by atomic mass is 10.2. The molecule has 1 aliphatic heterocycles. The number of amides is 2. The van der Waals surface area contributed by atoms with Gasteiger partial charge in [0.15, 0.2) is 5.76 Å². The monoisotopic (exact) mass is 284 g/mol. The molecule has 5 heteroatoms. The van der Waals surface area contributed by atoms with Gasteiger partial charge in [0.05, 0.1) is 12.3 Å². The molecule has 2 amide bonds. The third-order valence-electron chi connectivity index (χ3n) is 3.51. The molecular weight excluding hydrogens is 268 g/mol. The van der Waals surface area contributed by atoms with Crippen molar-refractivity contribution in [3.63, 3.8) is 0 Å². The van der Waals surface area contributed by atoms with E-state index in [1.165, 1.54) is 6.26 Å². The average molecular weight is 284 g/mol. The second-order valence-corrected chi connectivity index (χ2v) is 5.11. The Morgan fingerprint density at radius 3 is 2.76 bits per heavy atom. The van der Waals surface area contributed by atoms with E-state index < -0.39 is 0 Å². The van der Waals surface area contributed by atoms with Crippen LogP contribution in [-0.4, -0.2) is 29.3 Å². The van der Waals surface area contributed by atoms with Crippen molar-refractivity contribution in [3.05, 3.63) is 60.1 Å². The Labute approximate surface area is 122 Å². The summed E-state index contributed by atoms with van der Waals surface area (Å²) in [5.41, 5.74) is 1.09.